The number of nitrogens with zero attached hydrogens (tertiary/aromatic N) is 1. The normalized spacial score (nSPS) is 22.6. The van der Waals surface area contributed by atoms with Crippen LogP contribution in [0.2, 0.25) is 0 Å². The highest BCUT2D eigenvalue weighted by Crippen LogP contribution is 2.31. The van der Waals surface area contributed by atoms with E-state index in [2.05, 4.69) is 6.92 Å². The van der Waals surface area contributed by atoms with Crippen molar-refractivity contribution in [1.29, 1.82) is 0 Å². The number of rotatable bonds is 6. The zero-order chi connectivity index (χ0) is 17.7. The third kappa shape index (κ3) is 6.15. The Hall–Kier alpha value is -1.07. The van der Waals surface area contributed by atoms with Gasteiger partial charge in [-0.3, -0.25) is 4.90 Å². The molecule has 1 aliphatic heterocycles. The molecule has 0 unspecified atom stereocenters. The molecular weight excluding hydrogens is 294 g/mol. The second-order valence-corrected chi connectivity index (χ2v) is 7.59. The summed E-state index contributed by atoms with van der Waals surface area (Å²) in [6.45, 7) is 11.6. The van der Waals surface area contributed by atoms with Crippen LogP contribution in [-0.2, 0) is 9.47 Å². The molecule has 0 aromatic rings. The largest absolute Gasteiger partial charge is 0.444 e. The molecule has 0 saturated carbocycles. The molecule has 5 heteroatoms. The van der Waals surface area contributed by atoms with Gasteiger partial charge in [-0.2, -0.15) is 0 Å². The number of carbonyl (C=O) groups excluding carboxylic acids is 1. The number of hydrogen-bond acceptors (Lipinski definition) is 4. The van der Waals surface area contributed by atoms with Crippen LogP contribution in [0.25, 0.3) is 0 Å². The van der Waals surface area contributed by atoms with E-state index >= 15 is 0 Å². The van der Waals surface area contributed by atoms with Crippen LogP contribution in [0.4, 0.5) is 4.79 Å². The second kappa shape index (κ2) is 8.15. The molecule has 2 atom stereocenters. The van der Waals surface area contributed by atoms with Crippen LogP contribution in [0, 0.1) is 0 Å². The van der Waals surface area contributed by atoms with Crippen molar-refractivity contribution in [3.05, 3.63) is 12.2 Å². The van der Waals surface area contributed by atoms with Gasteiger partial charge in [-0.25, -0.2) is 4.79 Å². The molecule has 0 radical (unpaired) electrons. The number of unbranched alkanes of at least 4 members (excludes halogenated alkanes) is 3. The Morgan fingerprint density at radius 1 is 1.43 bits per heavy atom. The summed E-state index contributed by atoms with van der Waals surface area (Å²) in [7, 11) is 0. The molecule has 1 saturated heterocycles. The van der Waals surface area contributed by atoms with Gasteiger partial charge >= 0.3 is 6.09 Å². The highest BCUT2D eigenvalue weighted by Gasteiger charge is 2.47. The third-order valence-electron chi connectivity index (χ3n) is 3.81. The minimum Gasteiger partial charge on any atom is -0.444 e. The van der Waals surface area contributed by atoms with Gasteiger partial charge in [-0.05, 0) is 47.5 Å². The first-order chi connectivity index (χ1) is 10.6. The van der Waals surface area contributed by atoms with Crippen LogP contribution in [-0.4, -0.2) is 46.2 Å². The lowest BCUT2D eigenvalue weighted by molar-refractivity contribution is -0.0660. The van der Waals surface area contributed by atoms with Crippen LogP contribution in [0.5, 0.6) is 0 Å². The molecular formula is C18H33NO4. The molecule has 1 N–H and O–H groups in total. The molecule has 0 aliphatic carbocycles. The van der Waals surface area contributed by atoms with Gasteiger partial charge in [0.1, 0.15) is 11.3 Å². The van der Waals surface area contributed by atoms with Crippen molar-refractivity contribution in [1.82, 2.24) is 4.90 Å². The van der Waals surface area contributed by atoms with Crippen LogP contribution in [0.15, 0.2) is 12.2 Å². The Balaban J connectivity index is 2.73. The summed E-state index contributed by atoms with van der Waals surface area (Å²) in [5, 5.41) is 10.4. The molecule has 0 aromatic carbocycles. The van der Waals surface area contributed by atoms with E-state index in [-0.39, 0.29) is 0 Å². The van der Waals surface area contributed by atoms with Crippen LogP contribution in [0.1, 0.15) is 67.2 Å². The van der Waals surface area contributed by atoms with Crippen LogP contribution >= 0.6 is 0 Å². The van der Waals surface area contributed by atoms with Gasteiger partial charge in [0, 0.05) is 0 Å². The van der Waals surface area contributed by atoms with Gasteiger partial charge in [0.05, 0.1) is 18.8 Å². The Bertz CT molecular complexity index is 412. The summed E-state index contributed by atoms with van der Waals surface area (Å²) in [6, 6.07) is -0.428. The fourth-order valence-corrected chi connectivity index (χ4v) is 2.63. The first kappa shape index (κ1) is 20.0. The first-order valence-electron chi connectivity index (χ1n) is 8.59. The Morgan fingerprint density at radius 3 is 2.65 bits per heavy atom. The molecule has 1 rings (SSSR count). The summed E-state index contributed by atoms with van der Waals surface area (Å²) in [4.78, 5) is 14.0. The topological polar surface area (TPSA) is 59.0 Å². The SMILES string of the molecule is CCCCC/C=C/[C@@H](O)[C@@H]1COC(C)(C)N1C(=O)OC(C)(C)C. The predicted octanol–water partition coefficient (Wildman–Crippen LogP) is 3.86. The van der Waals surface area contributed by atoms with Crippen molar-refractivity contribution in [3.63, 3.8) is 0 Å². The van der Waals surface area contributed by atoms with E-state index in [1.807, 2.05) is 40.7 Å². The first-order valence-corrected chi connectivity index (χ1v) is 8.59. The van der Waals surface area contributed by atoms with Crippen molar-refractivity contribution >= 4 is 6.09 Å². The maximum absolute atomic E-state index is 12.5. The van der Waals surface area contributed by atoms with Crippen molar-refractivity contribution in [3.8, 4) is 0 Å². The van der Waals surface area contributed by atoms with Crippen molar-refractivity contribution in [2.45, 2.75) is 90.7 Å². The summed E-state index contributed by atoms with van der Waals surface area (Å²) in [6.07, 6.45) is 6.95. The monoisotopic (exact) mass is 327 g/mol. The molecule has 1 heterocycles. The highest BCUT2D eigenvalue weighted by molar-refractivity contribution is 5.70. The molecule has 1 amide bonds. The van der Waals surface area contributed by atoms with Gasteiger partial charge in [0.2, 0.25) is 0 Å². The minimum atomic E-state index is -0.788. The molecule has 5 nitrogen and oxygen atoms in total. The van der Waals surface area contributed by atoms with E-state index in [1.165, 1.54) is 17.7 Å². The van der Waals surface area contributed by atoms with E-state index < -0.39 is 29.6 Å². The number of allylic oxidation sites excluding steroid dienone is 1. The van der Waals surface area contributed by atoms with Crippen LogP contribution in [0.3, 0.4) is 0 Å². The van der Waals surface area contributed by atoms with E-state index in [1.54, 1.807) is 6.08 Å². The molecule has 23 heavy (non-hydrogen) atoms. The van der Waals surface area contributed by atoms with Crippen molar-refractivity contribution in [2.75, 3.05) is 6.61 Å². The zero-order valence-corrected chi connectivity index (χ0v) is 15.5. The molecule has 0 spiro atoms. The maximum atomic E-state index is 12.5. The van der Waals surface area contributed by atoms with Crippen molar-refractivity contribution in [2.24, 2.45) is 0 Å². The number of hydrogen-bond donors (Lipinski definition) is 1. The lowest BCUT2D eigenvalue weighted by Crippen LogP contribution is -2.53. The minimum absolute atomic E-state index is 0.298. The standard InChI is InChI=1S/C18H33NO4/c1-7-8-9-10-11-12-15(20)14-13-22-18(5,6)19(14)16(21)23-17(2,3)4/h11-12,14-15,20H,7-10,13H2,1-6H3/b12-11+/t14-,15+/m0/s1. The molecule has 1 aliphatic rings. The van der Waals surface area contributed by atoms with E-state index in [9.17, 15) is 9.90 Å². The van der Waals surface area contributed by atoms with Gasteiger partial charge in [0.15, 0.2) is 0 Å². The predicted molar refractivity (Wildman–Crippen MR) is 91.2 cm³/mol. The third-order valence-corrected chi connectivity index (χ3v) is 3.81. The lowest BCUT2D eigenvalue weighted by atomic mass is 10.1. The second-order valence-electron chi connectivity index (χ2n) is 7.59. The Kier molecular flexibility index (Phi) is 7.08. The average molecular weight is 327 g/mol. The molecule has 1 fully saturated rings. The highest BCUT2D eigenvalue weighted by atomic mass is 16.6. The Morgan fingerprint density at radius 2 is 2.09 bits per heavy atom. The molecule has 0 bridgehead atoms. The quantitative estimate of drug-likeness (QED) is 0.594. The fourth-order valence-electron chi connectivity index (χ4n) is 2.63. The molecule has 134 valence electrons. The number of aliphatic hydroxyl groups is 1. The van der Waals surface area contributed by atoms with E-state index in [0.29, 0.717) is 6.61 Å². The smallest absolute Gasteiger partial charge is 0.413 e. The van der Waals surface area contributed by atoms with Gasteiger partial charge in [-0.15, -0.1) is 0 Å². The lowest BCUT2D eigenvalue weighted by Gasteiger charge is -2.36. The number of amides is 1. The van der Waals surface area contributed by atoms with Gasteiger partial charge in [0.25, 0.3) is 0 Å². The number of carbonyl (C=O) groups is 1. The fraction of sp³-hybridized carbons (Fsp3) is 0.833. The Labute approximate surface area is 140 Å². The maximum Gasteiger partial charge on any atom is 0.413 e. The summed E-state index contributed by atoms with van der Waals surface area (Å²) in [5.74, 6) is 0. The zero-order valence-electron chi connectivity index (χ0n) is 15.5. The van der Waals surface area contributed by atoms with Crippen molar-refractivity contribution < 1.29 is 19.4 Å². The summed E-state index contributed by atoms with van der Waals surface area (Å²) >= 11 is 0. The average Bonchev–Trinajstić information content (AvgIpc) is 2.72. The molecule has 0 aromatic heterocycles. The summed E-state index contributed by atoms with van der Waals surface area (Å²) < 4.78 is 11.2. The number of ether oxygens (including phenoxy) is 2. The van der Waals surface area contributed by atoms with E-state index in [0.717, 1.165) is 12.8 Å². The van der Waals surface area contributed by atoms with E-state index in [4.69, 9.17) is 9.47 Å². The summed E-state index contributed by atoms with van der Waals surface area (Å²) in [5.41, 5.74) is -1.37. The number of aliphatic hydroxyl groups excluding tert-OH is 1. The van der Waals surface area contributed by atoms with Crippen LogP contribution < -0.4 is 0 Å². The van der Waals surface area contributed by atoms with Gasteiger partial charge in [-0.1, -0.05) is 31.9 Å². The van der Waals surface area contributed by atoms with Gasteiger partial charge < -0.3 is 14.6 Å².